The summed E-state index contributed by atoms with van der Waals surface area (Å²) < 4.78 is 13.6. The van der Waals surface area contributed by atoms with Gasteiger partial charge in [-0.3, -0.25) is 0 Å². The summed E-state index contributed by atoms with van der Waals surface area (Å²) in [5.41, 5.74) is 11.2. The van der Waals surface area contributed by atoms with Gasteiger partial charge in [-0.2, -0.15) is 0 Å². The Morgan fingerprint density at radius 3 is 1.92 bits per heavy atom. The van der Waals surface area contributed by atoms with Crippen LogP contribution in [-0.2, 0) is 0 Å². The molecule has 0 N–H and O–H groups in total. The molecule has 0 atom stereocenters. The highest BCUT2D eigenvalue weighted by molar-refractivity contribution is 7.22. The Morgan fingerprint density at radius 1 is 0.438 bits per heavy atom. The average molecular weight is 635 g/mol. The average Bonchev–Trinajstić information content (AvgIpc) is 3.86. The normalized spacial score (nSPS) is 11.8. The van der Waals surface area contributed by atoms with Gasteiger partial charge in [-0.1, -0.05) is 84.9 Å². The van der Waals surface area contributed by atoms with Crippen molar-refractivity contribution >= 4 is 82.5 Å². The van der Waals surface area contributed by atoms with E-state index in [9.17, 15) is 0 Å². The Bertz CT molecular complexity index is 2780. The molecule has 3 aromatic heterocycles. The third-order valence-corrected chi connectivity index (χ3v) is 10.2. The lowest BCUT2D eigenvalue weighted by Gasteiger charge is -2.25. The molecule has 48 heavy (non-hydrogen) atoms. The minimum Gasteiger partial charge on any atom is -0.456 e. The molecule has 0 aliphatic carbocycles. The molecular formula is C43H26N2O2S. The fraction of sp³-hybridized carbons (Fsp3) is 0. The first-order valence-electron chi connectivity index (χ1n) is 15.9. The maximum Gasteiger partial charge on any atom is 0.137 e. The van der Waals surface area contributed by atoms with Gasteiger partial charge < -0.3 is 13.7 Å². The number of benzene rings is 7. The second-order valence-corrected chi connectivity index (χ2v) is 13.0. The second kappa shape index (κ2) is 10.7. The molecule has 7 aromatic carbocycles. The number of anilines is 3. The Hall–Kier alpha value is -6.17. The molecule has 10 aromatic rings. The van der Waals surface area contributed by atoms with Crippen LogP contribution in [0.1, 0.15) is 0 Å². The van der Waals surface area contributed by atoms with Gasteiger partial charge in [-0.25, -0.2) is 4.98 Å². The maximum absolute atomic E-state index is 6.33. The van der Waals surface area contributed by atoms with Crippen LogP contribution in [0.5, 0.6) is 0 Å². The molecule has 226 valence electrons. The number of hydrogen-bond acceptors (Lipinski definition) is 5. The maximum atomic E-state index is 6.33. The molecule has 0 aliphatic heterocycles. The lowest BCUT2D eigenvalue weighted by molar-refractivity contribution is 0.668. The van der Waals surface area contributed by atoms with Gasteiger partial charge in [0.05, 0.1) is 10.2 Å². The molecule has 0 bridgehead atoms. The van der Waals surface area contributed by atoms with Crippen LogP contribution in [-0.4, -0.2) is 4.98 Å². The summed E-state index contributed by atoms with van der Waals surface area (Å²) in [6, 6.07) is 54.9. The van der Waals surface area contributed by atoms with Crippen LogP contribution < -0.4 is 4.90 Å². The Labute approximate surface area is 279 Å². The van der Waals surface area contributed by atoms with E-state index in [-0.39, 0.29) is 0 Å². The van der Waals surface area contributed by atoms with Crippen LogP contribution in [0.3, 0.4) is 0 Å². The molecule has 4 nitrogen and oxygen atoms in total. The number of hydrogen-bond donors (Lipinski definition) is 0. The van der Waals surface area contributed by atoms with Crippen molar-refractivity contribution in [3.05, 3.63) is 158 Å². The zero-order valence-corrected chi connectivity index (χ0v) is 26.4. The number of rotatable bonds is 5. The number of fused-ring (bicyclic) bond motifs is 8. The number of para-hydroxylation sites is 2. The van der Waals surface area contributed by atoms with Crippen LogP contribution in [0.15, 0.2) is 167 Å². The first-order chi connectivity index (χ1) is 23.8. The van der Waals surface area contributed by atoms with Gasteiger partial charge in [-0.05, 0) is 83.9 Å². The highest BCUT2D eigenvalue weighted by atomic mass is 32.1. The van der Waals surface area contributed by atoms with Crippen LogP contribution in [0.4, 0.5) is 17.1 Å². The van der Waals surface area contributed by atoms with Gasteiger partial charge in [0.2, 0.25) is 0 Å². The van der Waals surface area contributed by atoms with E-state index in [4.69, 9.17) is 13.8 Å². The van der Waals surface area contributed by atoms with Gasteiger partial charge in [0.15, 0.2) is 0 Å². The third-order valence-electron chi connectivity index (χ3n) is 9.10. The van der Waals surface area contributed by atoms with Crippen molar-refractivity contribution in [1.82, 2.24) is 4.98 Å². The predicted octanol–water partition coefficient (Wildman–Crippen LogP) is 12.9. The molecule has 0 amide bonds. The van der Waals surface area contributed by atoms with Crippen molar-refractivity contribution < 1.29 is 8.83 Å². The Kier molecular flexibility index (Phi) is 6.01. The molecule has 3 heterocycles. The monoisotopic (exact) mass is 634 g/mol. The first-order valence-corrected chi connectivity index (χ1v) is 16.8. The fourth-order valence-electron chi connectivity index (χ4n) is 6.81. The van der Waals surface area contributed by atoms with Crippen molar-refractivity contribution in [3.63, 3.8) is 0 Å². The second-order valence-electron chi connectivity index (χ2n) is 12.0. The minimum absolute atomic E-state index is 0.880. The molecule has 0 saturated heterocycles. The van der Waals surface area contributed by atoms with Gasteiger partial charge in [-0.15, -0.1) is 11.3 Å². The molecule has 0 radical (unpaired) electrons. The zero-order chi connectivity index (χ0) is 31.6. The smallest absolute Gasteiger partial charge is 0.137 e. The molecule has 0 spiro atoms. The number of thiazole rings is 1. The fourth-order valence-corrected chi connectivity index (χ4v) is 7.93. The predicted molar refractivity (Wildman–Crippen MR) is 200 cm³/mol. The van der Waals surface area contributed by atoms with Crippen molar-refractivity contribution in [1.29, 1.82) is 0 Å². The Morgan fingerprint density at radius 2 is 1.06 bits per heavy atom. The van der Waals surface area contributed by atoms with Crippen LogP contribution in [0.25, 0.3) is 75.8 Å². The van der Waals surface area contributed by atoms with Crippen molar-refractivity contribution in [3.8, 4) is 21.7 Å². The van der Waals surface area contributed by atoms with Crippen molar-refractivity contribution in [2.75, 3.05) is 4.90 Å². The van der Waals surface area contributed by atoms with E-state index < -0.39 is 0 Å². The molecule has 0 unspecified atom stereocenters. The van der Waals surface area contributed by atoms with E-state index >= 15 is 0 Å². The lowest BCUT2D eigenvalue weighted by atomic mass is 10.0. The van der Waals surface area contributed by atoms with E-state index in [1.54, 1.807) is 11.3 Å². The summed E-state index contributed by atoms with van der Waals surface area (Å²) in [5, 5.41) is 5.46. The highest BCUT2D eigenvalue weighted by Gasteiger charge is 2.18. The quantitative estimate of drug-likeness (QED) is 0.189. The van der Waals surface area contributed by atoms with Crippen LogP contribution in [0, 0.1) is 0 Å². The van der Waals surface area contributed by atoms with Crippen molar-refractivity contribution in [2.24, 2.45) is 0 Å². The standard InChI is InChI=1S/C43H26N2O2S/c1-3-9-28(10-4-1)43-44-36-21-24-40-41(42(36)48-43)35-25-29(17-22-39(35)47-40)27-15-18-31(19-16-27)45(30-11-5-2-6-12-30)32-20-23-38-34(26-32)33-13-7-8-14-37(33)46-38/h1-26H. The summed E-state index contributed by atoms with van der Waals surface area (Å²) in [5.74, 6) is 0. The molecule has 0 fully saturated rings. The van der Waals surface area contributed by atoms with Gasteiger partial charge in [0, 0.05) is 44.2 Å². The minimum atomic E-state index is 0.880. The first kappa shape index (κ1) is 27.0. The van der Waals surface area contributed by atoms with E-state index in [1.165, 1.54) is 0 Å². The topological polar surface area (TPSA) is 42.4 Å². The van der Waals surface area contributed by atoms with Gasteiger partial charge >= 0.3 is 0 Å². The van der Waals surface area contributed by atoms with E-state index in [0.29, 0.717) is 0 Å². The molecule has 10 rings (SSSR count). The third kappa shape index (κ3) is 4.33. The van der Waals surface area contributed by atoms with Gasteiger partial charge in [0.25, 0.3) is 0 Å². The molecule has 0 saturated carbocycles. The van der Waals surface area contributed by atoms with E-state index in [1.807, 2.05) is 24.3 Å². The molecular weight excluding hydrogens is 609 g/mol. The Balaban J connectivity index is 1.07. The number of aromatic nitrogens is 1. The summed E-state index contributed by atoms with van der Waals surface area (Å²) in [7, 11) is 0. The number of nitrogens with zero attached hydrogens (tertiary/aromatic N) is 2. The van der Waals surface area contributed by atoms with Crippen molar-refractivity contribution in [2.45, 2.75) is 0 Å². The molecule has 0 aliphatic rings. The van der Waals surface area contributed by atoms with Crippen LogP contribution >= 0.6 is 11.3 Å². The lowest BCUT2D eigenvalue weighted by Crippen LogP contribution is -2.09. The summed E-state index contributed by atoms with van der Waals surface area (Å²) in [6.45, 7) is 0. The van der Waals surface area contributed by atoms with E-state index in [0.717, 1.165) is 92.9 Å². The SMILES string of the molecule is c1ccc(-c2nc3ccc4oc5ccc(-c6ccc(N(c7ccccc7)c7ccc8oc9ccccc9c8c7)cc6)cc5c4c3s2)cc1. The summed E-state index contributed by atoms with van der Waals surface area (Å²) >= 11 is 1.72. The molecule has 5 heteroatoms. The number of furan rings is 2. The highest BCUT2D eigenvalue weighted by Crippen LogP contribution is 2.42. The summed E-state index contributed by atoms with van der Waals surface area (Å²) in [6.07, 6.45) is 0. The zero-order valence-electron chi connectivity index (χ0n) is 25.6. The van der Waals surface area contributed by atoms with E-state index in [2.05, 4.69) is 138 Å². The van der Waals surface area contributed by atoms with Gasteiger partial charge in [0.1, 0.15) is 27.3 Å². The largest absolute Gasteiger partial charge is 0.456 e. The van der Waals surface area contributed by atoms with Crippen LogP contribution in [0.2, 0.25) is 0 Å². The summed E-state index contributed by atoms with van der Waals surface area (Å²) in [4.78, 5) is 7.27.